The monoisotopic (exact) mass is 245 g/mol. The fourth-order valence-corrected chi connectivity index (χ4v) is 3.55. The van der Waals surface area contributed by atoms with Gasteiger partial charge in [-0.25, -0.2) is 0 Å². The molecule has 0 spiro atoms. The summed E-state index contributed by atoms with van der Waals surface area (Å²) in [6, 6.07) is 0. The molecule has 0 aliphatic carbocycles. The van der Waals surface area contributed by atoms with Gasteiger partial charge in [-0.2, -0.15) is 0 Å². The molecular weight excluding hydrogens is 218 g/mol. The summed E-state index contributed by atoms with van der Waals surface area (Å²) in [5.41, 5.74) is 0. The molecule has 0 heterocycles. The highest BCUT2D eigenvalue weighted by atomic mass is 28.3. The second kappa shape index (κ2) is 7.85. The highest BCUT2D eigenvalue weighted by Gasteiger charge is 2.21. The van der Waals surface area contributed by atoms with Crippen LogP contribution in [-0.4, -0.2) is 38.5 Å². The van der Waals surface area contributed by atoms with Gasteiger partial charge in [-0.05, 0) is 32.9 Å². The Hall–Kier alpha value is -0.353. The van der Waals surface area contributed by atoms with Crippen molar-refractivity contribution in [2.45, 2.75) is 52.8 Å². The standard InChI is InChI=1S/C12H27NO2Si/c1-6-13(16(3,4)5)11-9-8-10-12(14)15-7-2/h6-11H2,1-5H3. The molecule has 0 fully saturated rings. The Morgan fingerprint density at radius 1 is 1.19 bits per heavy atom. The van der Waals surface area contributed by atoms with Crippen molar-refractivity contribution in [1.29, 1.82) is 0 Å². The zero-order valence-corrected chi connectivity index (χ0v) is 12.5. The molecule has 0 rings (SSSR count). The van der Waals surface area contributed by atoms with Gasteiger partial charge in [-0.15, -0.1) is 0 Å². The van der Waals surface area contributed by atoms with Crippen molar-refractivity contribution >= 4 is 14.2 Å². The number of carbonyl (C=O) groups excluding carboxylic acids is 1. The number of ether oxygens (including phenoxy) is 1. The second-order valence-corrected chi connectivity index (χ2v) is 9.99. The van der Waals surface area contributed by atoms with E-state index in [9.17, 15) is 4.79 Å². The van der Waals surface area contributed by atoms with Crippen molar-refractivity contribution in [3.8, 4) is 0 Å². The van der Waals surface area contributed by atoms with E-state index in [1.54, 1.807) is 0 Å². The van der Waals surface area contributed by atoms with Crippen molar-refractivity contribution in [1.82, 2.24) is 4.57 Å². The fraction of sp³-hybridized carbons (Fsp3) is 0.917. The smallest absolute Gasteiger partial charge is 0.305 e. The van der Waals surface area contributed by atoms with E-state index in [-0.39, 0.29) is 5.97 Å². The molecule has 0 N–H and O–H groups in total. The van der Waals surface area contributed by atoms with Crippen LogP contribution in [0.5, 0.6) is 0 Å². The molecule has 0 bridgehead atoms. The van der Waals surface area contributed by atoms with E-state index in [0.717, 1.165) is 25.9 Å². The van der Waals surface area contributed by atoms with E-state index in [1.807, 2.05) is 6.92 Å². The molecule has 0 unspecified atom stereocenters. The van der Waals surface area contributed by atoms with Gasteiger partial charge in [0.1, 0.15) is 8.24 Å². The maximum absolute atomic E-state index is 11.1. The summed E-state index contributed by atoms with van der Waals surface area (Å²) in [5.74, 6) is -0.0569. The number of esters is 1. The van der Waals surface area contributed by atoms with Gasteiger partial charge in [-0.3, -0.25) is 4.79 Å². The van der Waals surface area contributed by atoms with Crippen molar-refractivity contribution in [3.63, 3.8) is 0 Å². The Morgan fingerprint density at radius 3 is 2.25 bits per heavy atom. The molecule has 0 radical (unpaired) electrons. The molecule has 0 aliphatic rings. The van der Waals surface area contributed by atoms with Gasteiger partial charge in [0.25, 0.3) is 0 Å². The third-order valence-corrected chi connectivity index (χ3v) is 5.13. The van der Waals surface area contributed by atoms with Crippen molar-refractivity contribution in [2.24, 2.45) is 0 Å². The van der Waals surface area contributed by atoms with Crippen LogP contribution in [0.1, 0.15) is 33.1 Å². The minimum Gasteiger partial charge on any atom is -0.466 e. The first-order valence-electron chi connectivity index (χ1n) is 6.32. The number of rotatable bonds is 8. The van der Waals surface area contributed by atoms with Crippen LogP contribution in [0.25, 0.3) is 0 Å². The van der Waals surface area contributed by atoms with E-state index in [0.29, 0.717) is 13.0 Å². The number of carbonyl (C=O) groups is 1. The molecule has 4 heteroatoms. The lowest BCUT2D eigenvalue weighted by Gasteiger charge is -2.32. The molecule has 0 aromatic rings. The fourth-order valence-electron chi connectivity index (χ4n) is 1.77. The first kappa shape index (κ1) is 15.6. The van der Waals surface area contributed by atoms with Gasteiger partial charge < -0.3 is 9.30 Å². The largest absolute Gasteiger partial charge is 0.466 e. The Labute approximate surface area is 101 Å². The molecule has 3 nitrogen and oxygen atoms in total. The predicted octanol–water partition coefficient (Wildman–Crippen LogP) is 2.88. The van der Waals surface area contributed by atoms with Crippen LogP contribution in [0.4, 0.5) is 0 Å². The molecule has 0 saturated heterocycles. The molecule has 0 aromatic carbocycles. The van der Waals surface area contributed by atoms with Crippen LogP contribution in [0.3, 0.4) is 0 Å². The third-order valence-electron chi connectivity index (χ3n) is 2.69. The summed E-state index contributed by atoms with van der Waals surface area (Å²) in [7, 11) is -1.16. The topological polar surface area (TPSA) is 29.5 Å². The molecule has 0 amide bonds. The van der Waals surface area contributed by atoms with Crippen LogP contribution in [0.2, 0.25) is 19.6 Å². The van der Waals surface area contributed by atoms with Gasteiger partial charge in [0.15, 0.2) is 0 Å². The maximum Gasteiger partial charge on any atom is 0.305 e. The Morgan fingerprint density at radius 2 is 1.81 bits per heavy atom. The van der Waals surface area contributed by atoms with Gasteiger partial charge in [0.2, 0.25) is 0 Å². The number of hydrogen-bond acceptors (Lipinski definition) is 3. The molecular formula is C12H27NO2Si. The zero-order chi connectivity index (χ0) is 12.6. The Balaban J connectivity index is 3.68. The van der Waals surface area contributed by atoms with E-state index >= 15 is 0 Å². The number of unbranched alkanes of at least 4 members (excludes halogenated alkanes) is 1. The summed E-state index contributed by atoms with van der Waals surface area (Å²) >= 11 is 0. The molecule has 96 valence electrons. The van der Waals surface area contributed by atoms with Gasteiger partial charge in [0, 0.05) is 6.42 Å². The maximum atomic E-state index is 11.1. The predicted molar refractivity (Wildman–Crippen MR) is 71.1 cm³/mol. The first-order valence-corrected chi connectivity index (χ1v) is 9.77. The van der Waals surface area contributed by atoms with E-state index in [4.69, 9.17) is 4.74 Å². The lowest BCUT2D eigenvalue weighted by atomic mass is 10.2. The molecule has 0 aliphatic heterocycles. The van der Waals surface area contributed by atoms with E-state index in [2.05, 4.69) is 31.1 Å². The molecule has 0 atom stereocenters. The molecule has 0 aromatic heterocycles. The lowest BCUT2D eigenvalue weighted by Crippen LogP contribution is -2.46. The quantitative estimate of drug-likeness (QED) is 0.374. The average molecular weight is 245 g/mol. The SMILES string of the molecule is CCOC(=O)CCCCN(CC)[Si](C)(C)C. The van der Waals surface area contributed by atoms with Gasteiger partial charge in [-0.1, -0.05) is 26.6 Å². The van der Waals surface area contributed by atoms with Crippen molar-refractivity contribution < 1.29 is 9.53 Å². The molecule has 16 heavy (non-hydrogen) atoms. The lowest BCUT2D eigenvalue weighted by molar-refractivity contribution is -0.143. The highest BCUT2D eigenvalue weighted by Crippen LogP contribution is 2.10. The summed E-state index contributed by atoms with van der Waals surface area (Å²) in [6.07, 6.45) is 2.60. The van der Waals surface area contributed by atoms with Crippen LogP contribution in [-0.2, 0) is 9.53 Å². The van der Waals surface area contributed by atoms with Crippen molar-refractivity contribution in [2.75, 3.05) is 19.7 Å². The summed E-state index contributed by atoms with van der Waals surface area (Å²) < 4.78 is 7.47. The Kier molecular flexibility index (Phi) is 7.67. The first-order chi connectivity index (χ1) is 7.41. The Bertz CT molecular complexity index is 202. The average Bonchev–Trinajstić information content (AvgIpc) is 2.16. The summed E-state index contributed by atoms with van der Waals surface area (Å²) in [4.78, 5) is 11.1. The molecule has 0 saturated carbocycles. The summed E-state index contributed by atoms with van der Waals surface area (Å²) in [6.45, 7) is 13.9. The van der Waals surface area contributed by atoms with E-state index in [1.165, 1.54) is 0 Å². The minimum atomic E-state index is -1.16. The normalized spacial score (nSPS) is 11.9. The van der Waals surface area contributed by atoms with Crippen LogP contribution >= 0.6 is 0 Å². The van der Waals surface area contributed by atoms with Crippen LogP contribution in [0, 0.1) is 0 Å². The van der Waals surface area contributed by atoms with Crippen LogP contribution in [0.15, 0.2) is 0 Å². The minimum absolute atomic E-state index is 0.0569. The van der Waals surface area contributed by atoms with Gasteiger partial charge in [0.05, 0.1) is 6.61 Å². The zero-order valence-electron chi connectivity index (χ0n) is 11.5. The van der Waals surface area contributed by atoms with Crippen LogP contribution < -0.4 is 0 Å². The number of nitrogens with zero attached hydrogens (tertiary/aromatic N) is 1. The van der Waals surface area contributed by atoms with Crippen molar-refractivity contribution in [3.05, 3.63) is 0 Å². The summed E-state index contributed by atoms with van der Waals surface area (Å²) in [5, 5.41) is 0. The third kappa shape index (κ3) is 7.01. The highest BCUT2D eigenvalue weighted by molar-refractivity contribution is 6.73. The van der Waals surface area contributed by atoms with E-state index < -0.39 is 8.24 Å². The number of hydrogen-bond donors (Lipinski definition) is 0. The second-order valence-electron chi connectivity index (χ2n) is 5.01. The van der Waals surface area contributed by atoms with Gasteiger partial charge >= 0.3 is 5.97 Å².